The van der Waals surface area contributed by atoms with Crippen molar-refractivity contribution in [2.24, 2.45) is 7.05 Å². The van der Waals surface area contributed by atoms with Crippen LogP contribution in [-0.2, 0) is 18.4 Å². The third-order valence-corrected chi connectivity index (χ3v) is 4.25. The van der Waals surface area contributed by atoms with Gasteiger partial charge in [-0.3, -0.25) is 4.79 Å². The minimum absolute atomic E-state index is 0.0504. The van der Waals surface area contributed by atoms with Crippen molar-refractivity contribution in [1.29, 1.82) is 0 Å². The number of fused-ring (bicyclic) bond motifs is 3. The number of imidazole rings is 1. The summed E-state index contributed by atoms with van der Waals surface area (Å²) in [7, 11) is 3.76. The first-order chi connectivity index (χ1) is 12.6. The van der Waals surface area contributed by atoms with Gasteiger partial charge in [0.1, 0.15) is 0 Å². The molecule has 0 bridgehead atoms. The van der Waals surface area contributed by atoms with Gasteiger partial charge in [0.25, 0.3) is 0 Å². The molecule has 3 heterocycles. The Labute approximate surface area is 149 Å². The standard InChI is InChI=1S/C18H19N7O/c1-11(26)20-9-12-5-4-6-13(7-12)14-8-15-22-17(19-2)16-18(25(15)23-14)24(3)10-21-16/h4-8,10H,9H2,1-3H3,(H,19,22)(H,20,26). The highest BCUT2D eigenvalue weighted by Crippen LogP contribution is 2.25. The number of amides is 1. The van der Waals surface area contributed by atoms with Gasteiger partial charge in [0.15, 0.2) is 22.6 Å². The minimum Gasteiger partial charge on any atom is -0.371 e. The minimum atomic E-state index is -0.0504. The summed E-state index contributed by atoms with van der Waals surface area (Å²) in [6, 6.07) is 9.91. The van der Waals surface area contributed by atoms with Crippen LogP contribution >= 0.6 is 0 Å². The molecule has 4 aromatic rings. The summed E-state index contributed by atoms with van der Waals surface area (Å²) in [6.45, 7) is 2.00. The van der Waals surface area contributed by atoms with Crippen molar-refractivity contribution >= 4 is 28.5 Å². The molecule has 0 aliphatic rings. The van der Waals surface area contributed by atoms with Crippen LogP contribution in [0.3, 0.4) is 0 Å². The van der Waals surface area contributed by atoms with Gasteiger partial charge in [-0.1, -0.05) is 18.2 Å². The Morgan fingerprint density at radius 2 is 2.12 bits per heavy atom. The lowest BCUT2D eigenvalue weighted by molar-refractivity contribution is -0.119. The van der Waals surface area contributed by atoms with Gasteiger partial charge in [0, 0.05) is 39.2 Å². The molecule has 0 saturated heterocycles. The monoisotopic (exact) mass is 349 g/mol. The summed E-state index contributed by atoms with van der Waals surface area (Å²) < 4.78 is 3.73. The number of rotatable bonds is 4. The summed E-state index contributed by atoms with van der Waals surface area (Å²) in [5, 5.41) is 10.6. The van der Waals surface area contributed by atoms with Crippen molar-refractivity contribution in [1.82, 2.24) is 29.5 Å². The van der Waals surface area contributed by atoms with Crippen LogP contribution in [0.4, 0.5) is 5.82 Å². The van der Waals surface area contributed by atoms with E-state index < -0.39 is 0 Å². The molecule has 0 unspecified atom stereocenters. The summed E-state index contributed by atoms with van der Waals surface area (Å²) in [5.74, 6) is 0.671. The van der Waals surface area contributed by atoms with E-state index in [-0.39, 0.29) is 5.91 Å². The Hall–Kier alpha value is -3.42. The zero-order valence-corrected chi connectivity index (χ0v) is 14.8. The first-order valence-corrected chi connectivity index (χ1v) is 8.29. The predicted molar refractivity (Wildman–Crippen MR) is 99.8 cm³/mol. The van der Waals surface area contributed by atoms with E-state index in [0.717, 1.165) is 39.4 Å². The van der Waals surface area contributed by atoms with Crippen LogP contribution in [0, 0.1) is 0 Å². The van der Waals surface area contributed by atoms with Crippen molar-refractivity contribution in [3.05, 3.63) is 42.2 Å². The number of hydrogen-bond donors (Lipinski definition) is 2. The summed E-state index contributed by atoms with van der Waals surface area (Å²) in [5.41, 5.74) is 5.20. The Balaban J connectivity index is 1.83. The number of carbonyl (C=O) groups excluding carboxylic acids is 1. The van der Waals surface area contributed by atoms with Gasteiger partial charge in [0.05, 0.1) is 12.0 Å². The second-order valence-electron chi connectivity index (χ2n) is 6.15. The lowest BCUT2D eigenvalue weighted by Crippen LogP contribution is -2.18. The predicted octanol–water partition coefficient (Wildman–Crippen LogP) is 1.96. The fraction of sp³-hybridized carbons (Fsp3) is 0.222. The number of anilines is 1. The number of carbonyl (C=O) groups is 1. The van der Waals surface area contributed by atoms with Crippen LogP contribution in [0.2, 0.25) is 0 Å². The number of aromatic nitrogens is 5. The number of nitrogens with zero attached hydrogens (tertiary/aromatic N) is 5. The van der Waals surface area contributed by atoms with Crippen molar-refractivity contribution in [3.63, 3.8) is 0 Å². The average molecular weight is 349 g/mol. The number of nitrogens with one attached hydrogen (secondary N) is 2. The first-order valence-electron chi connectivity index (χ1n) is 8.29. The van der Waals surface area contributed by atoms with Crippen LogP contribution in [0.25, 0.3) is 28.1 Å². The second kappa shape index (κ2) is 6.14. The van der Waals surface area contributed by atoms with E-state index >= 15 is 0 Å². The molecular formula is C18H19N7O. The van der Waals surface area contributed by atoms with Crippen LogP contribution in [0.1, 0.15) is 12.5 Å². The molecule has 0 atom stereocenters. The summed E-state index contributed by atoms with van der Waals surface area (Å²) >= 11 is 0. The summed E-state index contributed by atoms with van der Waals surface area (Å²) in [6.07, 6.45) is 1.75. The lowest BCUT2D eigenvalue weighted by Gasteiger charge is -2.04. The maximum absolute atomic E-state index is 11.1. The van der Waals surface area contributed by atoms with Crippen molar-refractivity contribution in [2.75, 3.05) is 12.4 Å². The summed E-state index contributed by atoms with van der Waals surface area (Å²) in [4.78, 5) is 20.2. The van der Waals surface area contributed by atoms with Gasteiger partial charge in [-0.25, -0.2) is 9.97 Å². The van der Waals surface area contributed by atoms with E-state index in [4.69, 9.17) is 5.10 Å². The molecule has 2 N–H and O–H groups in total. The molecule has 0 aliphatic carbocycles. The van der Waals surface area contributed by atoms with Crippen LogP contribution < -0.4 is 10.6 Å². The molecular weight excluding hydrogens is 330 g/mol. The van der Waals surface area contributed by atoms with Crippen LogP contribution in [0.5, 0.6) is 0 Å². The molecule has 132 valence electrons. The molecule has 0 aliphatic heterocycles. The maximum atomic E-state index is 11.1. The highest BCUT2D eigenvalue weighted by molar-refractivity contribution is 5.86. The molecule has 8 heteroatoms. The smallest absolute Gasteiger partial charge is 0.217 e. The molecule has 4 rings (SSSR count). The van der Waals surface area contributed by atoms with Gasteiger partial charge < -0.3 is 15.2 Å². The van der Waals surface area contributed by atoms with E-state index in [0.29, 0.717) is 6.54 Å². The van der Waals surface area contributed by atoms with Crippen LogP contribution in [-0.4, -0.2) is 37.1 Å². The highest BCUT2D eigenvalue weighted by Gasteiger charge is 2.15. The van der Waals surface area contributed by atoms with Crippen LogP contribution in [0.15, 0.2) is 36.7 Å². The molecule has 3 aromatic heterocycles. The normalized spacial score (nSPS) is 11.2. The highest BCUT2D eigenvalue weighted by atomic mass is 16.1. The SMILES string of the molecule is CNc1nc2cc(-c3cccc(CNC(C)=O)c3)nn2c2c1ncn2C. The van der Waals surface area contributed by atoms with Gasteiger partial charge in [-0.15, -0.1) is 0 Å². The zero-order chi connectivity index (χ0) is 18.3. The van der Waals surface area contributed by atoms with Gasteiger partial charge in [-0.05, 0) is 11.6 Å². The largest absolute Gasteiger partial charge is 0.371 e. The fourth-order valence-electron chi connectivity index (χ4n) is 3.00. The maximum Gasteiger partial charge on any atom is 0.217 e. The third kappa shape index (κ3) is 2.65. The average Bonchev–Trinajstić information content (AvgIpc) is 3.23. The number of aryl methyl sites for hydroxylation is 1. The molecule has 1 amide bonds. The Morgan fingerprint density at radius 3 is 2.88 bits per heavy atom. The Kier molecular flexibility index (Phi) is 3.80. The molecule has 0 saturated carbocycles. The van der Waals surface area contributed by atoms with E-state index in [1.165, 1.54) is 6.92 Å². The number of hydrogen-bond acceptors (Lipinski definition) is 5. The molecule has 0 radical (unpaired) electrons. The Morgan fingerprint density at radius 1 is 1.27 bits per heavy atom. The zero-order valence-electron chi connectivity index (χ0n) is 14.8. The second-order valence-corrected chi connectivity index (χ2v) is 6.15. The van der Waals surface area contributed by atoms with E-state index in [9.17, 15) is 4.79 Å². The van der Waals surface area contributed by atoms with Crippen molar-refractivity contribution in [3.8, 4) is 11.3 Å². The quantitative estimate of drug-likeness (QED) is 0.588. The van der Waals surface area contributed by atoms with Gasteiger partial charge in [0.2, 0.25) is 5.91 Å². The topological polar surface area (TPSA) is 89.1 Å². The van der Waals surface area contributed by atoms with Crippen molar-refractivity contribution in [2.45, 2.75) is 13.5 Å². The van der Waals surface area contributed by atoms with Crippen molar-refractivity contribution < 1.29 is 4.79 Å². The van der Waals surface area contributed by atoms with Gasteiger partial charge in [-0.2, -0.15) is 9.61 Å². The van der Waals surface area contributed by atoms with E-state index in [2.05, 4.69) is 20.6 Å². The van der Waals surface area contributed by atoms with E-state index in [1.54, 1.807) is 10.8 Å². The first kappa shape index (κ1) is 16.1. The molecule has 0 fully saturated rings. The lowest BCUT2D eigenvalue weighted by atomic mass is 10.1. The third-order valence-electron chi connectivity index (χ3n) is 4.25. The molecule has 8 nitrogen and oxygen atoms in total. The molecule has 0 spiro atoms. The fourth-order valence-corrected chi connectivity index (χ4v) is 3.00. The molecule has 26 heavy (non-hydrogen) atoms. The number of benzene rings is 1. The van der Waals surface area contributed by atoms with E-state index in [1.807, 2.05) is 49.0 Å². The Bertz CT molecular complexity index is 1130. The molecule has 1 aromatic carbocycles. The van der Waals surface area contributed by atoms with Gasteiger partial charge >= 0.3 is 0 Å².